The predicted octanol–water partition coefficient (Wildman–Crippen LogP) is 1.92. The molecule has 1 aromatic carbocycles. The fourth-order valence-electron chi connectivity index (χ4n) is 1.84. The zero-order valence-electron chi connectivity index (χ0n) is 8.01. The minimum atomic E-state index is 1.21. The molecule has 0 unspecified atom stereocenters. The highest BCUT2D eigenvalue weighted by Crippen LogP contribution is 2.14. The standard InChI is InChI=1S/C12H11N2/c1-13-6-7-14-9-11-5-3-2-4-10(11)8-12(13)14/h2-9H,1H3/q+1. The number of rotatable bonds is 0. The van der Waals surface area contributed by atoms with Crippen molar-refractivity contribution in [1.82, 2.24) is 4.40 Å². The molecule has 0 saturated heterocycles. The normalized spacial score (nSPS) is 11.2. The van der Waals surface area contributed by atoms with Crippen LogP contribution in [0.4, 0.5) is 0 Å². The SMILES string of the molecule is C[n+]1ccn2cc3ccccc3cc21. The molecule has 0 fully saturated rings. The Bertz CT molecular complexity index is 608. The van der Waals surface area contributed by atoms with Crippen LogP contribution in [0.15, 0.2) is 48.9 Å². The average Bonchev–Trinajstić information content (AvgIpc) is 2.57. The Morgan fingerprint density at radius 3 is 2.79 bits per heavy atom. The summed E-state index contributed by atoms with van der Waals surface area (Å²) >= 11 is 0. The van der Waals surface area contributed by atoms with E-state index >= 15 is 0 Å². The molecule has 0 aliphatic rings. The molecule has 0 atom stereocenters. The molecule has 0 radical (unpaired) electrons. The van der Waals surface area contributed by atoms with Crippen LogP contribution >= 0.6 is 0 Å². The van der Waals surface area contributed by atoms with E-state index in [1.807, 2.05) is 0 Å². The first-order valence-electron chi connectivity index (χ1n) is 4.70. The van der Waals surface area contributed by atoms with Crippen LogP contribution in [0.25, 0.3) is 16.4 Å². The van der Waals surface area contributed by atoms with Gasteiger partial charge in [0.2, 0.25) is 0 Å². The minimum Gasteiger partial charge on any atom is -0.233 e. The van der Waals surface area contributed by atoms with Crippen LogP contribution < -0.4 is 4.57 Å². The van der Waals surface area contributed by atoms with Crippen molar-refractivity contribution in [2.24, 2.45) is 7.05 Å². The molecule has 0 bridgehead atoms. The van der Waals surface area contributed by atoms with Crippen LogP contribution in [0.1, 0.15) is 0 Å². The molecule has 2 nitrogen and oxygen atoms in total. The highest BCUT2D eigenvalue weighted by molar-refractivity contribution is 5.84. The van der Waals surface area contributed by atoms with Gasteiger partial charge in [0.15, 0.2) is 0 Å². The second kappa shape index (κ2) is 2.58. The van der Waals surface area contributed by atoms with E-state index in [9.17, 15) is 0 Å². The molecule has 14 heavy (non-hydrogen) atoms. The monoisotopic (exact) mass is 183 g/mol. The van der Waals surface area contributed by atoms with Gasteiger partial charge in [-0.25, -0.2) is 8.97 Å². The Balaban J connectivity index is 2.54. The summed E-state index contributed by atoms with van der Waals surface area (Å²) in [5.74, 6) is 0. The summed E-state index contributed by atoms with van der Waals surface area (Å²) in [6.07, 6.45) is 6.29. The Hall–Kier alpha value is -1.83. The van der Waals surface area contributed by atoms with Crippen LogP contribution in [-0.2, 0) is 7.05 Å². The number of aromatic nitrogens is 2. The first kappa shape index (κ1) is 7.56. The van der Waals surface area contributed by atoms with Gasteiger partial charge in [-0.05, 0) is 5.39 Å². The van der Waals surface area contributed by atoms with E-state index in [0.29, 0.717) is 0 Å². The number of imidazole rings is 1. The van der Waals surface area contributed by atoms with E-state index in [1.54, 1.807) is 0 Å². The van der Waals surface area contributed by atoms with Gasteiger partial charge in [-0.15, -0.1) is 0 Å². The molecule has 0 spiro atoms. The molecule has 0 aliphatic heterocycles. The molecular formula is C12H11N2+. The van der Waals surface area contributed by atoms with Crippen molar-refractivity contribution in [3.63, 3.8) is 0 Å². The van der Waals surface area contributed by atoms with Gasteiger partial charge in [0.25, 0.3) is 5.65 Å². The van der Waals surface area contributed by atoms with Gasteiger partial charge >= 0.3 is 0 Å². The lowest BCUT2D eigenvalue weighted by atomic mass is 10.2. The summed E-state index contributed by atoms with van der Waals surface area (Å²) in [6, 6.07) is 10.6. The topological polar surface area (TPSA) is 8.29 Å². The van der Waals surface area contributed by atoms with Gasteiger partial charge in [-0.3, -0.25) is 0 Å². The molecule has 3 rings (SSSR count). The molecule has 3 aromatic rings. The molecule has 0 aliphatic carbocycles. The summed E-state index contributed by atoms with van der Waals surface area (Å²) in [6.45, 7) is 0. The van der Waals surface area contributed by atoms with Gasteiger partial charge in [-0.2, -0.15) is 0 Å². The molecule has 0 amide bonds. The zero-order valence-corrected chi connectivity index (χ0v) is 8.01. The van der Waals surface area contributed by atoms with Crippen molar-refractivity contribution in [2.45, 2.75) is 0 Å². The van der Waals surface area contributed by atoms with Crippen LogP contribution in [0.3, 0.4) is 0 Å². The third-order valence-electron chi connectivity index (χ3n) is 2.64. The van der Waals surface area contributed by atoms with Gasteiger partial charge in [0.1, 0.15) is 18.6 Å². The van der Waals surface area contributed by atoms with Crippen molar-refractivity contribution in [3.8, 4) is 0 Å². The number of fused-ring (bicyclic) bond motifs is 2. The van der Waals surface area contributed by atoms with E-state index in [2.05, 4.69) is 64.9 Å². The van der Waals surface area contributed by atoms with Crippen molar-refractivity contribution >= 4 is 16.4 Å². The van der Waals surface area contributed by atoms with Crippen molar-refractivity contribution in [1.29, 1.82) is 0 Å². The number of pyridine rings is 1. The Morgan fingerprint density at radius 2 is 1.93 bits per heavy atom. The number of hydrogen-bond donors (Lipinski definition) is 0. The molecular weight excluding hydrogens is 172 g/mol. The van der Waals surface area contributed by atoms with E-state index in [0.717, 1.165) is 0 Å². The van der Waals surface area contributed by atoms with Crippen molar-refractivity contribution in [3.05, 3.63) is 48.9 Å². The van der Waals surface area contributed by atoms with Gasteiger partial charge in [-0.1, -0.05) is 24.3 Å². The van der Waals surface area contributed by atoms with Crippen molar-refractivity contribution in [2.75, 3.05) is 0 Å². The number of hydrogen-bond acceptors (Lipinski definition) is 0. The average molecular weight is 183 g/mol. The summed E-state index contributed by atoms with van der Waals surface area (Å²) < 4.78 is 4.26. The number of benzene rings is 1. The summed E-state index contributed by atoms with van der Waals surface area (Å²) in [5, 5.41) is 2.56. The number of aryl methyl sites for hydroxylation is 1. The lowest BCUT2D eigenvalue weighted by Crippen LogP contribution is -2.25. The second-order valence-electron chi connectivity index (χ2n) is 3.58. The predicted molar refractivity (Wildman–Crippen MR) is 56.1 cm³/mol. The van der Waals surface area contributed by atoms with Gasteiger partial charge in [0, 0.05) is 11.5 Å². The summed E-state index contributed by atoms with van der Waals surface area (Å²) in [7, 11) is 2.06. The Kier molecular flexibility index (Phi) is 1.39. The maximum Gasteiger partial charge on any atom is 0.286 e. The first-order chi connectivity index (χ1) is 6.84. The van der Waals surface area contributed by atoms with Crippen LogP contribution in [0.5, 0.6) is 0 Å². The van der Waals surface area contributed by atoms with Gasteiger partial charge in [0.05, 0.1) is 7.05 Å². The molecule has 2 aromatic heterocycles. The highest BCUT2D eigenvalue weighted by atomic mass is 15.1. The van der Waals surface area contributed by atoms with Crippen LogP contribution in [0.2, 0.25) is 0 Å². The molecule has 0 N–H and O–H groups in total. The summed E-state index contributed by atoms with van der Waals surface area (Å²) in [4.78, 5) is 0. The Morgan fingerprint density at radius 1 is 1.14 bits per heavy atom. The van der Waals surface area contributed by atoms with Gasteiger partial charge < -0.3 is 0 Å². The molecule has 68 valence electrons. The molecule has 0 saturated carbocycles. The zero-order chi connectivity index (χ0) is 9.54. The fourth-order valence-corrected chi connectivity index (χ4v) is 1.84. The van der Waals surface area contributed by atoms with E-state index < -0.39 is 0 Å². The smallest absolute Gasteiger partial charge is 0.233 e. The number of nitrogens with zero attached hydrogens (tertiary/aromatic N) is 2. The quantitative estimate of drug-likeness (QED) is 0.471. The minimum absolute atomic E-state index is 1.21. The summed E-state index contributed by atoms with van der Waals surface area (Å²) in [5.41, 5.74) is 1.21. The molecule has 2 heteroatoms. The lowest BCUT2D eigenvalue weighted by Gasteiger charge is -1.95. The van der Waals surface area contributed by atoms with Crippen LogP contribution in [0, 0.1) is 0 Å². The van der Waals surface area contributed by atoms with E-state index in [-0.39, 0.29) is 0 Å². The van der Waals surface area contributed by atoms with E-state index in [1.165, 1.54) is 16.4 Å². The highest BCUT2D eigenvalue weighted by Gasteiger charge is 2.06. The first-order valence-corrected chi connectivity index (χ1v) is 4.70. The third kappa shape index (κ3) is 0.940. The second-order valence-corrected chi connectivity index (χ2v) is 3.58. The third-order valence-corrected chi connectivity index (χ3v) is 2.64. The largest absolute Gasteiger partial charge is 0.286 e. The Labute approximate surface area is 82.0 Å². The fraction of sp³-hybridized carbons (Fsp3) is 0.0833. The maximum absolute atomic E-state index is 2.20. The van der Waals surface area contributed by atoms with Crippen LogP contribution in [-0.4, -0.2) is 4.40 Å². The molecule has 2 heterocycles. The van der Waals surface area contributed by atoms with Crippen molar-refractivity contribution < 1.29 is 4.57 Å². The maximum atomic E-state index is 2.20. The van der Waals surface area contributed by atoms with E-state index in [4.69, 9.17) is 0 Å². The lowest BCUT2D eigenvalue weighted by molar-refractivity contribution is -0.644.